The molecule has 0 saturated heterocycles. The number of aromatic hydroxyl groups is 1. The Morgan fingerprint density at radius 3 is 2.38 bits per heavy atom. The van der Waals surface area contributed by atoms with Crippen LogP contribution in [0.1, 0.15) is 5.56 Å². The van der Waals surface area contributed by atoms with Crippen molar-refractivity contribution in [2.75, 3.05) is 0 Å². The zero-order chi connectivity index (χ0) is 14.8. The Morgan fingerprint density at radius 2 is 1.76 bits per heavy atom. The molecule has 2 aromatic rings. The number of hydrogen-bond acceptors (Lipinski definition) is 2. The van der Waals surface area contributed by atoms with E-state index in [0.29, 0.717) is 11.6 Å². The summed E-state index contributed by atoms with van der Waals surface area (Å²) in [6, 6.07) is 8.23. The van der Waals surface area contributed by atoms with Gasteiger partial charge in [0.1, 0.15) is 18.2 Å². The van der Waals surface area contributed by atoms with Crippen LogP contribution in [0.5, 0.6) is 11.5 Å². The Kier molecular flexibility index (Phi) is 6.74. The van der Waals surface area contributed by atoms with Gasteiger partial charge in [-0.2, -0.15) is 0 Å². The van der Waals surface area contributed by atoms with Gasteiger partial charge in [-0.3, -0.25) is 0 Å². The van der Waals surface area contributed by atoms with Crippen molar-refractivity contribution in [3.8, 4) is 11.5 Å². The van der Waals surface area contributed by atoms with Crippen LogP contribution in [-0.4, -0.2) is 12.1 Å². The Labute approximate surface area is 161 Å². The monoisotopic (exact) mass is 324 g/mol. The fourth-order valence-corrected chi connectivity index (χ4v) is 1.71. The van der Waals surface area contributed by atoms with E-state index in [1.165, 1.54) is 12.1 Å². The number of phenols is 1. The van der Waals surface area contributed by atoms with E-state index in [1.54, 1.807) is 12.1 Å². The molecule has 0 bridgehead atoms. The van der Waals surface area contributed by atoms with Crippen molar-refractivity contribution >= 4 is 12.4 Å². The van der Waals surface area contributed by atoms with Crippen LogP contribution in [0.15, 0.2) is 42.5 Å². The standard InChI is InChI=1S/C13H10BF4O2.K/c15-10-4-5-13(12(7-10)14(16,17)18)20-8-9-2-1-3-11(19)6-9;/h1-7,19H,8H2;/q-1;+1. The third kappa shape index (κ3) is 5.30. The van der Waals surface area contributed by atoms with Gasteiger partial charge in [0.2, 0.25) is 0 Å². The molecular weight excluding hydrogens is 314 g/mol. The molecule has 1 N–H and O–H groups in total. The molecule has 0 radical (unpaired) electrons. The van der Waals surface area contributed by atoms with Gasteiger partial charge in [-0.25, -0.2) is 4.39 Å². The third-order valence-electron chi connectivity index (χ3n) is 2.63. The van der Waals surface area contributed by atoms with Crippen LogP contribution in [0.3, 0.4) is 0 Å². The molecule has 2 aromatic carbocycles. The number of halogens is 4. The van der Waals surface area contributed by atoms with Crippen molar-refractivity contribution in [3.05, 3.63) is 53.8 Å². The van der Waals surface area contributed by atoms with Crippen molar-refractivity contribution < 1.29 is 78.6 Å². The Hall–Kier alpha value is -0.539. The first-order valence-electron chi connectivity index (χ1n) is 5.76. The Balaban J connectivity index is 0.00000220. The first kappa shape index (κ1) is 18.5. The largest absolute Gasteiger partial charge is 1.00 e. The summed E-state index contributed by atoms with van der Waals surface area (Å²) in [5.74, 6) is -1.41. The van der Waals surface area contributed by atoms with Gasteiger partial charge in [0.25, 0.3) is 0 Å². The zero-order valence-electron chi connectivity index (χ0n) is 11.2. The summed E-state index contributed by atoms with van der Waals surface area (Å²) < 4.78 is 56.4. The number of rotatable bonds is 4. The molecule has 0 aliphatic rings. The minimum atomic E-state index is -5.36. The van der Waals surface area contributed by atoms with Crippen LogP contribution in [-0.2, 0) is 6.61 Å². The molecule has 8 heteroatoms. The van der Waals surface area contributed by atoms with E-state index < -0.39 is 24.0 Å². The molecule has 21 heavy (non-hydrogen) atoms. The number of ether oxygens (including phenoxy) is 1. The van der Waals surface area contributed by atoms with Crippen molar-refractivity contribution in [2.45, 2.75) is 6.61 Å². The Bertz CT molecular complexity index is 619. The van der Waals surface area contributed by atoms with Crippen molar-refractivity contribution in [1.82, 2.24) is 0 Å². The average molecular weight is 324 g/mol. The summed E-state index contributed by atoms with van der Waals surface area (Å²) in [6.07, 6.45) is 0. The summed E-state index contributed by atoms with van der Waals surface area (Å²) in [7, 11) is 0. The molecule has 0 spiro atoms. The first-order chi connectivity index (χ1) is 9.36. The van der Waals surface area contributed by atoms with Crippen LogP contribution in [0.2, 0.25) is 0 Å². The van der Waals surface area contributed by atoms with E-state index in [4.69, 9.17) is 4.74 Å². The van der Waals surface area contributed by atoms with E-state index in [9.17, 15) is 22.4 Å². The van der Waals surface area contributed by atoms with Gasteiger partial charge in [-0.1, -0.05) is 17.6 Å². The van der Waals surface area contributed by atoms with Gasteiger partial charge in [-0.15, -0.1) is 0 Å². The Morgan fingerprint density at radius 1 is 1.05 bits per heavy atom. The van der Waals surface area contributed by atoms with Gasteiger partial charge in [0, 0.05) is 0 Å². The molecular formula is C13H10BF4KO2. The summed E-state index contributed by atoms with van der Waals surface area (Å²) in [5, 5.41) is 9.25. The van der Waals surface area contributed by atoms with Gasteiger partial charge >= 0.3 is 58.4 Å². The molecule has 0 heterocycles. The van der Waals surface area contributed by atoms with Crippen LogP contribution in [0.4, 0.5) is 17.3 Å². The van der Waals surface area contributed by atoms with Gasteiger partial charge < -0.3 is 22.8 Å². The van der Waals surface area contributed by atoms with E-state index >= 15 is 0 Å². The maximum absolute atomic E-state index is 12.9. The fraction of sp³-hybridized carbons (Fsp3) is 0.0769. The molecule has 0 aromatic heterocycles. The van der Waals surface area contributed by atoms with Gasteiger partial charge in [0.15, 0.2) is 0 Å². The molecule has 2 nitrogen and oxygen atoms in total. The minimum absolute atomic E-state index is 0. The molecule has 0 amide bonds. The second-order valence-corrected chi connectivity index (χ2v) is 4.22. The van der Waals surface area contributed by atoms with E-state index in [-0.39, 0.29) is 63.7 Å². The van der Waals surface area contributed by atoms with E-state index in [1.807, 2.05) is 0 Å². The summed E-state index contributed by atoms with van der Waals surface area (Å²) in [5.41, 5.74) is -0.597. The van der Waals surface area contributed by atoms with Gasteiger partial charge in [0.05, 0.1) is 5.75 Å². The molecule has 0 saturated carbocycles. The number of benzene rings is 2. The second kappa shape index (κ2) is 7.64. The molecule has 0 atom stereocenters. The quantitative estimate of drug-likeness (QED) is 0.642. The third-order valence-corrected chi connectivity index (χ3v) is 2.63. The smallest absolute Gasteiger partial charge is 0.508 e. The molecule has 2 rings (SSSR count). The maximum Gasteiger partial charge on any atom is 1.00 e. The van der Waals surface area contributed by atoms with Crippen LogP contribution < -0.4 is 61.6 Å². The fourth-order valence-electron chi connectivity index (χ4n) is 1.71. The van der Waals surface area contributed by atoms with Crippen LogP contribution in [0.25, 0.3) is 0 Å². The zero-order valence-corrected chi connectivity index (χ0v) is 14.3. The molecule has 0 fully saturated rings. The summed E-state index contributed by atoms with van der Waals surface area (Å²) in [4.78, 5) is 0. The molecule has 0 aliphatic heterocycles. The van der Waals surface area contributed by atoms with Gasteiger partial charge in [-0.05, 0) is 35.9 Å². The van der Waals surface area contributed by atoms with Crippen molar-refractivity contribution in [2.24, 2.45) is 0 Å². The predicted octanol–water partition coefficient (Wildman–Crippen LogP) is 0.169. The SMILES string of the molecule is Oc1cccc(COc2ccc(F)cc2[B-](F)(F)F)c1.[K+]. The normalized spacial score (nSPS) is 10.9. The van der Waals surface area contributed by atoms with Crippen molar-refractivity contribution in [1.29, 1.82) is 0 Å². The first-order valence-corrected chi connectivity index (χ1v) is 5.76. The van der Waals surface area contributed by atoms with E-state index in [0.717, 1.165) is 12.1 Å². The maximum atomic E-state index is 12.9. The molecule has 0 aliphatic carbocycles. The second-order valence-electron chi connectivity index (χ2n) is 4.22. The minimum Gasteiger partial charge on any atom is -0.508 e. The number of phenolic OH excluding ortho intramolecular Hbond substituents is 1. The summed E-state index contributed by atoms with van der Waals surface area (Å²) in [6.45, 7) is -5.52. The topological polar surface area (TPSA) is 29.5 Å². The van der Waals surface area contributed by atoms with Crippen molar-refractivity contribution in [3.63, 3.8) is 0 Å². The van der Waals surface area contributed by atoms with Crippen LogP contribution >= 0.6 is 0 Å². The van der Waals surface area contributed by atoms with E-state index in [2.05, 4.69) is 0 Å². The average Bonchev–Trinajstić information content (AvgIpc) is 2.36. The molecule has 106 valence electrons. The van der Waals surface area contributed by atoms with Crippen LogP contribution in [0, 0.1) is 5.82 Å². The molecule has 0 unspecified atom stereocenters. The summed E-state index contributed by atoms with van der Waals surface area (Å²) >= 11 is 0. The number of hydrogen-bond donors (Lipinski definition) is 1. The predicted molar refractivity (Wildman–Crippen MR) is 67.6 cm³/mol.